The number of benzene rings is 4. The SMILES string of the molecule is CC(C)c1c[c-]c(-c2cc[c]([Ge]([CH3])([CH3])[CH3])cn2)cc1.Cc1ccc(-c2ccc3oc4c(-c5cc(CC(C)(C)C)ccn5)[c-]ccc4c3c2)cc1.[Ir]. The van der Waals surface area contributed by atoms with Crippen LogP contribution in [0.1, 0.15) is 57.2 Å². The Labute approximate surface area is 320 Å². The van der Waals surface area contributed by atoms with Gasteiger partial charge in [-0.1, -0.05) is 79.2 Å². The molecular weight excluding hydrogens is 861 g/mol. The Morgan fingerprint density at radius 2 is 1.51 bits per heavy atom. The second-order valence-electron chi connectivity index (χ2n) is 15.9. The molecule has 0 spiro atoms. The third kappa shape index (κ3) is 9.35. The Bertz CT molecular complexity index is 2220. The van der Waals surface area contributed by atoms with Crippen LogP contribution in [0.25, 0.3) is 55.6 Å². The molecule has 3 heterocycles. The molecule has 0 aliphatic carbocycles. The Hall–Kier alpha value is -3.83. The fraction of sp³-hybridized carbons (Fsp3) is 0.261. The molecule has 0 N–H and O–H groups in total. The molecule has 0 saturated carbocycles. The molecular formula is C46H48GeIrN2O-2. The van der Waals surface area contributed by atoms with E-state index in [4.69, 9.17) is 4.42 Å². The summed E-state index contributed by atoms with van der Waals surface area (Å²) in [5, 5.41) is 2.22. The van der Waals surface area contributed by atoms with Gasteiger partial charge in [0, 0.05) is 31.7 Å². The minimum Gasteiger partial charge on any atom is -0.501 e. The van der Waals surface area contributed by atoms with Crippen LogP contribution in [-0.4, -0.2) is 23.2 Å². The fourth-order valence-electron chi connectivity index (χ4n) is 6.14. The van der Waals surface area contributed by atoms with Crippen LogP contribution in [0.4, 0.5) is 0 Å². The molecule has 3 nitrogen and oxygen atoms in total. The molecule has 1 radical (unpaired) electrons. The molecule has 4 aromatic carbocycles. The number of furan rings is 1. The zero-order valence-electron chi connectivity index (χ0n) is 31.3. The molecule has 3 aromatic heterocycles. The van der Waals surface area contributed by atoms with Crippen LogP contribution in [0.2, 0.25) is 17.3 Å². The molecule has 0 saturated heterocycles. The van der Waals surface area contributed by atoms with Crippen molar-refractivity contribution in [1.82, 2.24) is 9.97 Å². The summed E-state index contributed by atoms with van der Waals surface area (Å²) in [4.78, 5) is 9.25. The predicted octanol–water partition coefficient (Wildman–Crippen LogP) is 12.2. The van der Waals surface area contributed by atoms with Gasteiger partial charge < -0.3 is 9.40 Å². The molecule has 0 unspecified atom stereocenters. The van der Waals surface area contributed by atoms with Crippen molar-refractivity contribution in [3.05, 3.63) is 138 Å². The summed E-state index contributed by atoms with van der Waals surface area (Å²) in [7, 11) is 0. The minimum absolute atomic E-state index is 0. The smallest absolute Gasteiger partial charge is 0.120 e. The summed E-state index contributed by atoms with van der Waals surface area (Å²) in [6.45, 7) is 13.3. The van der Waals surface area contributed by atoms with E-state index in [0.717, 1.165) is 50.9 Å². The average molecular weight is 910 g/mol. The van der Waals surface area contributed by atoms with Crippen molar-refractivity contribution in [1.29, 1.82) is 0 Å². The van der Waals surface area contributed by atoms with E-state index in [0.29, 0.717) is 5.92 Å². The fourth-order valence-corrected chi connectivity index (χ4v) is 8.31. The van der Waals surface area contributed by atoms with E-state index >= 15 is 0 Å². The molecule has 0 bridgehead atoms. The molecule has 0 amide bonds. The summed E-state index contributed by atoms with van der Waals surface area (Å²) in [5.74, 6) is 7.72. The predicted molar refractivity (Wildman–Crippen MR) is 215 cm³/mol. The Kier molecular flexibility index (Phi) is 11.9. The van der Waals surface area contributed by atoms with Crippen molar-refractivity contribution in [2.24, 2.45) is 5.41 Å². The van der Waals surface area contributed by atoms with Gasteiger partial charge in [0.25, 0.3) is 0 Å². The van der Waals surface area contributed by atoms with E-state index in [1.165, 1.54) is 32.2 Å². The third-order valence-corrected chi connectivity index (χ3v) is 13.3. The van der Waals surface area contributed by atoms with Gasteiger partial charge >= 0.3 is 119 Å². The number of aromatic nitrogens is 2. The Morgan fingerprint density at radius 1 is 0.765 bits per heavy atom. The van der Waals surface area contributed by atoms with Crippen LogP contribution < -0.4 is 4.40 Å². The van der Waals surface area contributed by atoms with Crippen molar-refractivity contribution < 1.29 is 24.5 Å². The number of nitrogens with zero attached hydrogens (tertiary/aromatic N) is 2. The standard InChI is InChI=1S/C29H26NO.C17H22GeN.Ir/c1-19-8-10-21(11-9-19)22-12-13-27-25(17-22)23-6-5-7-24(28(23)31-27)26-16-20(14-15-30-26)18-29(2,3)4;1-13(2)14-6-8-15(9-7-14)17-11-10-16(12-19-17)18(3,4)5;/h5-6,8-17H,18H2,1-4H3;6-8,10-13H,1-5H3;/q2*-1;. The van der Waals surface area contributed by atoms with Gasteiger partial charge in [-0.15, -0.1) is 18.2 Å². The van der Waals surface area contributed by atoms with Crippen LogP contribution in [-0.2, 0) is 26.5 Å². The van der Waals surface area contributed by atoms with Gasteiger partial charge in [0.2, 0.25) is 0 Å². The summed E-state index contributed by atoms with van der Waals surface area (Å²) in [5.41, 5.74) is 12.1. The van der Waals surface area contributed by atoms with Gasteiger partial charge in [0.05, 0.1) is 5.58 Å². The van der Waals surface area contributed by atoms with Gasteiger partial charge in [-0.05, 0) is 53.8 Å². The second kappa shape index (κ2) is 15.8. The third-order valence-electron chi connectivity index (χ3n) is 9.04. The van der Waals surface area contributed by atoms with Crippen LogP contribution in [0.5, 0.6) is 0 Å². The van der Waals surface area contributed by atoms with Crippen LogP contribution >= 0.6 is 0 Å². The minimum atomic E-state index is -1.74. The normalized spacial score (nSPS) is 11.7. The molecule has 51 heavy (non-hydrogen) atoms. The van der Waals surface area contributed by atoms with E-state index in [2.05, 4.69) is 178 Å². The Morgan fingerprint density at radius 3 is 2.14 bits per heavy atom. The first-order chi connectivity index (χ1) is 23.7. The summed E-state index contributed by atoms with van der Waals surface area (Å²) >= 11 is -1.74. The van der Waals surface area contributed by atoms with Gasteiger partial charge in [-0.3, -0.25) is 0 Å². The molecule has 5 heteroatoms. The van der Waals surface area contributed by atoms with E-state index in [1.54, 1.807) is 0 Å². The van der Waals surface area contributed by atoms with Gasteiger partial charge in [-0.25, -0.2) is 0 Å². The van der Waals surface area contributed by atoms with Gasteiger partial charge in [-0.2, -0.15) is 0 Å². The molecule has 0 aliphatic rings. The first-order valence-corrected chi connectivity index (χ1v) is 25.0. The monoisotopic (exact) mass is 911 g/mol. The van der Waals surface area contributed by atoms with Crippen molar-refractivity contribution in [2.45, 2.75) is 71.1 Å². The first kappa shape index (κ1) is 38.4. The molecule has 7 rings (SSSR count). The molecule has 7 aromatic rings. The number of fused-ring (bicyclic) bond motifs is 3. The largest absolute Gasteiger partial charge is 0.501 e. The quantitative estimate of drug-likeness (QED) is 0.123. The van der Waals surface area contributed by atoms with Crippen molar-refractivity contribution in [2.75, 3.05) is 0 Å². The maximum atomic E-state index is 6.32. The van der Waals surface area contributed by atoms with E-state index < -0.39 is 13.3 Å². The number of pyridine rings is 2. The zero-order valence-corrected chi connectivity index (χ0v) is 35.8. The maximum absolute atomic E-state index is 6.32. The Balaban J connectivity index is 0.000000218. The van der Waals surface area contributed by atoms with Gasteiger partial charge in [0.15, 0.2) is 0 Å². The molecule has 0 atom stereocenters. The average Bonchev–Trinajstić information content (AvgIpc) is 3.46. The zero-order chi connectivity index (χ0) is 35.6. The van der Waals surface area contributed by atoms with E-state index in [-0.39, 0.29) is 25.5 Å². The first-order valence-electron chi connectivity index (χ1n) is 17.6. The summed E-state index contributed by atoms with van der Waals surface area (Å²) < 4.78 is 7.76. The van der Waals surface area contributed by atoms with Crippen molar-refractivity contribution in [3.63, 3.8) is 0 Å². The molecule has 0 fully saturated rings. The number of aryl methyl sites for hydroxylation is 1. The summed E-state index contributed by atoms with van der Waals surface area (Å²) in [6, 6.07) is 40.8. The van der Waals surface area contributed by atoms with Gasteiger partial charge in [0.1, 0.15) is 5.58 Å². The number of hydrogen-bond acceptors (Lipinski definition) is 3. The van der Waals surface area contributed by atoms with Crippen LogP contribution in [0, 0.1) is 24.5 Å². The van der Waals surface area contributed by atoms with Crippen molar-refractivity contribution >= 4 is 39.6 Å². The van der Waals surface area contributed by atoms with Crippen LogP contribution in [0.15, 0.2) is 114 Å². The number of rotatable bonds is 6. The maximum Gasteiger partial charge on any atom is 0.120 e. The van der Waals surface area contributed by atoms with E-state index in [1.807, 2.05) is 12.3 Å². The summed E-state index contributed by atoms with van der Waals surface area (Å²) in [6.07, 6.45) is 4.94. The number of hydrogen-bond donors (Lipinski definition) is 0. The topological polar surface area (TPSA) is 38.9 Å². The van der Waals surface area contributed by atoms with Crippen LogP contribution in [0.3, 0.4) is 0 Å². The van der Waals surface area contributed by atoms with Crippen molar-refractivity contribution in [3.8, 4) is 33.6 Å². The molecule has 263 valence electrons. The second-order valence-corrected chi connectivity index (χ2v) is 26.6. The van der Waals surface area contributed by atoms with E-state index in [9.17, 15) is 0 Å². The molecule has 0 aliphatic heterocycles.